The predicted molar refractivity (Wildman–Crippen MR) is 94.1 cm³/mol. The van der Waals surface area contributed by atoms with E-state index in [-0.39, 0.29) is 27.6 Å². The van der Waals surface area contributed by atoms with E-state index in [1.165, 1.54) is 24.3 Å². The van der Waals surface area contributed by atoms with Crippen LogP contribution in [0.5, 0.6) is 5.75 Å². The SMILES string of the molecule is NC(=O)c1ccc(SCC(=O)Nc2ccc(OC(F)(F)F)cc2)c([N+](=O)[O-])c1. The highest BCUT2D eigenvalue weighted by atomic mass is 32.2. The summed E-state index contributed by atoms with van der Waals surface area (Å²) < 4.78 is 40.0. The van der Waals surface area contributed by atoms with Crippen LogP contribution in [0.2, 0.25) is 0 Å². The second-order valence-electron chi connectivity index (χ2n) is 5.21. The molecule has 148 valence electrons. The van der Waals surface area contributed by atoms with Crippen molar-refractivity contribution in [1.82, 2.24) is 0 Å². The van der Waals surface area contributed by atoms with E-state index in [0.717, 1.165) is 30.0 Å². The van der Waals surface area contributed by atoms with Gasteiger partial charge in [0.2, 0.25) is 11.8 Å². The maximum absolute atomic E-state index is 12.1. The fourth-order valence-corrected chi connectivity index (χ4v) is 2.82. The van der Waals surface area contributed by atoms with Crippen molar-refractivity contribution in [3.05, 3.63) is 58.1 Å². The van der Waals surface area contributed by atoms with Crippen molar-refractivity contribution in [2.75, 3.05) is 11.1 Å². The molecule has 0 aliphatic heterocycles. The molecule has 0 aliphatic carbocycles. The lowest BCUT2D eigenvalue weighted by Crippen LogP contribution is -2.17. The number of primary amides is 1. The van der Waals surface area contributed by atoms with Crippen molar-refractivity contribution in [1.29, 1.82) is 0 Å². The largest absolute Gasteiger partial charge is 0.573 e. The third kappa shape index (κ3) is 6.16. The first-order chi connectivity index (χ1) is 13.0. The lowest BCUT2D eigenvalue weighted by atomic mass is 10.2. The number of nitro benzene ring substituents is 1. The number of rotatable bonds is 7. The van der Waals surface area contributed by atoms with Gasteiger partial charge in [-0.3, -0.25) is 19.7 Å². The highest BCUT2D eigenvalue weighted by Crippen LogP contribution is 2.30. The number of nitrogens with two attached hydrogens (primary N) is 1. The average molecular weight is 415 g/mol. The summed E-state index contributed by atoms with van der Waals surface area (Å²) in [7, 11) is 0. The maximum Gasteiger partial charge on any atom is 0.573 e. The molecule has 12 heteroatoms. The number of amides is 2. The maximum atomic E-state index is 12.1. The quantitative estimate of drug-likeness (QED) is 0.406. The Morgan fingerprint density at radius 2 is 1.82 bits per heavy atom. The molecular formula is C16H12F3N3O5S. The van der Waals surface area contributed by atoms with Crippen LogP contribution in [0.4, 0.5) is 24.5 Å². The van der Waals surface area contributed by atoms with E-state index >= 15 is 0 Å². The Balaban J connectivity index is 1.99. The molecule has 0 heterocycles. The number of carbonyl (C=O) groups excluding carboxylic acids is 2. The number of benzene rings is 2. The molecule has 0 aliphatic rings. The van der Waals surface area contributed by atoms with Crippen LogP contribution in [0, 0.1) is 10.1 Å². The van der Waals surface area contributed by atoms with Crippen molar-refractivity contribution in [2.45, 2.75) is 11.3 Å². The first-order valence-electron chi connectivity index (χ1n) is 7.42. The van der Waals surface area contributed by atoms with E-state index in [1.54, 1.807) is 0 Å². The van der Waals surface area contributed by atoms with Crippen LogP contribution in [0.3, 0.4) is 0 Å². The summed E-state index contributed by atoms with van der Waals surface area (Å²) in [5, 5.41) is 13.6. The monoisotopic (exact) mass is 415 g/mol. The van der Waals surface area contributed by atoms with Crippen LogP contribution < -0.4 is 15.8 Å². The molecule has 0 bridgehead atoms. The molecule has 8 nitrogen and oxygen atoms in total. The van der Waals surface area contributed by atoms with Crippen LogP contribution >= 0.6 is 11.8 Å². The number of nitrogens with one attached hydrogen (secondary N) is 1. The van der Waals surface area contributed by atoms with Crippen molar-refractivity contribution in [3.8, 4) is 5.75 Å². The molecule has 0 saturated heterocycles. The van der Waals surface area contributed by atoms with E-state index < -0.39 is 28.8 Å². The molecule has 0 radical (unpaired) electrons. The van der Waals surface area contributed by atoms with Gasteiger partial charge < -0.3 is 15.8 Å². The van der Waals surface area contributed by atoms with Crippen LogP contribution in [-0.4, -0.2) is 28.9 Å². The Labute approximate surface area is 160 Å². The number of halogens is 3. The molecule has 0 atom stereocenters. The number of hydrogen-bond donors (Lipinski definition) is 2. The third-order valence-corrected chi connectivity index (χ3v) is 4.23. The lowest BCUT2D eigenvalue weighted by Gasteiger charge is -2.10. The average Bonchev–Trinajstić information content (AvgIpc) is 2.60. The summed E-state index contributed by atoms with van der Waals surface area (Å²) in [6.07, 6.45) is -4.82. The van der Waals surface area contributed by atoms with Crippen molar-refractivity contribution in [3.63, 3.8) is 0 Å². The molecule has 2 rings (SSSR count). The molecule has 0 spiro atoms. The number of nitro groups is 1. The number of carbonyl (C=O) groups is 2. The molecular weight excluding hydrogens is 403 g/mol. The minimum absolute atomic E-state index is 0.0401. The Kier molecular flexibility index (Phi) is 6.46. The Hall–Kier alpha value is -3.28. The van der Waals surface area contributed by atoms with Gasteiger partial charge in [0.25, 0.3) is 5.69 Å². The highest BCUT2D eigenvalue weighted by molar-refractivity contribution is 8.00. The standard InChI is InChI=1S/C16H12F3N3O5S/c17-16(18,19)27-11-4-2-10(3-5-11)21-14(23)8-28-13-6-1-9(15(20)24)7-12(13)22(25)26/h1-7H,8H2,(H2,20,24)(H,21,23). The van der Waals surface area contributed by atoms with E-state index in [0.29, 0.717) is 0 Å². The molecule has 0 fully saturated rings. The number of nitrogens with zero attached hydrogens (tertiary/aromatic N) is 1. The van der Waals surface area contributed by atoms with Gasteiger partial charge in [-0.2, -0.15) is 0 Å². The Morgan fingerprint density at radius 3 is 2.36 bits per heavy atom. The summed E-state index contributed by atoms with van der Waals surface area (Å²) in [6.45, 7) is 0. The van der Waals surface area contributed by atoms with Crippen molar-refractivity contribution >= 4 is 35.0 Å². The summed E-state index contributed by atoms with van der Waals surface area (Å²) in [5.41, 5.74) is 4.89. The van der Waals surface area contributed by atoms with Crippen LogP contribution in [0.25, 0.3) is 0 Å². The first-order valence-corrected chi connectivity index (χ1v) is 8.40. The third-order valence-electron chi connectivity index (χ3n) is 3.17. The van der Waals surface area contributed by atoms with E-state index in [9.17, 15) is 32.9 Å². The molecule has 0 saturated carbocycles. The molecule has 0 aromatic heterocycles. The number of hydrogen-bond acceptors (Lipinski definition) is 6. The van der Waals surface area contributed by atoms with Gasteiger partial charge in [-0.15, -0.1) is 24.9 Å². The minimum Gasteiger partial charge on any atom is -0.406 e. The first kappa shape index (κ1) is 21.0. The topological polar surface area (TPSA) is 125 Å². The second kappa shape index (κ2) is 8.61. The molecule has 28 heavy (non-hydrogen) atoms. The smallest absolute Gasteiger partial charge is 0.406 e. The zero-order valence-corrected chi connectivity index (χ0v) is 14.7. The summed E-state index contributed by atoms with van der Waals surface area (Å²) >= 11 is 0.855. The number of anilines is 1. The predicted octanol–water partition coefficient (Wildman–Crippen LogP) is 3.32. The van der Waals surface area contributed by atoms with Gasteiger partial charge in [0.1, 0.15) is 5.75 Å². The number of alkyl halides is 3. The summed E-state index contributed by atoms with van der Waals surface area (Å²) in [4.78, 5) is 33.6. The van der Waals surface area contributed by atoms with Gasteiger partial charge >= 0.3 is 6.36 Å². The molecule has 3 N–H and O–H groups in total. The van der Waals surface area contributed by atoms with Gasteiger partial charge in [0.05, 0.1) is 15.6 Å². The van der Waals surface area contributed by atoms with Crippen LogP contribution in [0.15, 0.2) is 47.4 Å². The van der Waals surface area contributed by atoms with E-state index in [1.807, 2.05) is 0 Å². The van der Waals surface area contributed by atoms with Gasteiger partial charge in [0, 0.05) is 17.3 Å². The fourth-order valence-electron chi connectivity index (χ4n) is 2.02. The van der Waals surface area contributed by atoms with Gasteiger partial charge in [-0.1, -0.05) is 0 Å². The van der Waals surface area contributed by atoms with Crippen molar-refractivity contribution in [2.24, 2.45) is 5.73 Å². The van der Waals surface area contributed by atoms with E-state index in [2.05, 4.69) is 10.1 Å². The molecule has 2 aromatic carbocycles. The normalized spacial score (nSPS) is 11.0. The minimum atomic E-state index is -4.82. The Bertz CT molecular complexity index is 903. The molecule has 0 unspecified atom stereocenters. The zero-order chi connectivity index (χ0) is 20.9. The van der Waals surface area contributed by atoms with Crippen LogP contribution in [-0.2, 0) is 4.79 Å². The number of thioether (sulfide) groups is 1. The molecule has 2 amide bonds. The van der Waals surface area contributed by atoms with Gasteiger partial charge in [0.15, 0.2) is 0 Å². The Morgan fingerprint density at radius 1 is 1.18 bits per heavy atom. The van der Waals surface area contributed by atoms with E-state index in [4.69, 9.17) is 5.73 Å². The lowest BCUT2D eigenvalue weighted by molar-refractivity contribution is -0.387. The van der Waals surface area contributed by atoms with Gasteiger partial charge in [-0.05, 0) is 36.4 Å². The summed E-state index contributed by atoms with van der Waals surface area (Å²) in [5.74, 6) is -2.01. The van der Waals surface area contributed by atoms with Crippen LogP contribution in [0.1, 0.15) is 10.4 Å². The molecule has 2 aromatic rings. The fraction of sp³-hybridized carbons (Fsp3) is 0.125. The summed E-state index contributed by atoms with van der Waals surface area (Å²) in [6, 6.07) is 8.12. The van der Waals surface area contributed by atoms with Gasteiger partial charge in [-0.25, -0.2) is 0 Å². The number of ether oxygens (including phenoxy) is 1. The van der Waals surface area contributed by atoms with Crippen molar-refractivity contribution < 1.29 is 32.4 Å². The zero-order valence-electron chi connectivity index (χ0n) is 13.9. The second-order valence-corrected chi connectivity index (χ2v) is 6.23. The highest BCUT2D eigenvalue weighted by Gasteiger charge is 2.31.